The molecule has 0 amide bonds. The molecule has 0 fully saturated rings. The Hall–Kier alpha value is -3.94. The second-order valence-corrected chi connectivity index (χ2v) is 8.57. The summed E-state index contributed by atoms with van der Waals surface area (Å²) in [4.78, 5) is 76.2. The molecule has 0 radical (unpaired) electrons. The standard InChI is InChI=1S/C26H22O8/c1-5-15-21(34-14-6-7-16-18(10-14)20(29)11-19(16)28)9-8-17-22(15)24(31)26(13(4)27,23(17)30)25(32)33-12(2)3/h6-10,12H,5,11H2,1-4H3. The number of Topliss-reactive ketones (excluding diaryl/α,β-unsaturated/α-hetero) is 5. The maximum absolute atomic E-state index is 13.5. The van der Waals surface area contributed by atoms with E-state index in [4.69, 9.17) is 9.47 Å². The van der Waals surface area contributed by atoms with Gasteiger partial charge in [-0.2, -0.15) is 0 Å². The lowest BCUT2D eigenvalue weighted by atomic mass is 9.78. The van der Waals surface area contributed by atoms with Crippen molar-refractivity contribution in [3.63, 3.8) is 0 Å². The van der Waals surface area contributed by atoms with Gasteiger partial charge in [-0.15, -0.1) is 0 Å². The van der Waals surface area contributed by atoms with E-state index in [1.54, 1.807) is 20.8 Å². The molecule has 0 aromatic heterocycles. The van der Waals surface area contributed by atoms with Crippen LogP contribution in [-0.4, -0.2) is 41.0 Å². The molecule has 0 spiro atoms. The monoisotopic (exact) mass is 462 g/mol. The molecule has 0 bridgehead atoms. The molecule has 0 heterocycles. The molecule has 2 aromatic rings. The fourth-order valence-electron chi connectivity index (χ4n) is 4.49. The van der Waals surface area contributed by atoms with Gasteiger partial charge in [0.15, 0.2) is 28.9 Å². The van der Waals surface area contributed by atoms with Gasteiger partial charge in [0, 0.05) is 27.8 Å². The van der Waals surface area contributed by atoms with Crippen LogP contribution in [0.4, 0.5) is 0 Å². The first-order valence-corrected chi connectivity index (χ1v) is 10.9. The van der Waals surface area contributed by atoms with E-state index in [1.807, 2.05) is 0 Å². The first-order valence-electron chi connectivity index (χ1n) is 10.9. The van der Waals surface area contributed by atoms with Crippen molar-refractivity contribution in [2.45, 2.75) is 46.6 Å². The number of ether oxygens (including phenoxy) is 2. The number of hydrogen-bond donors (Lipinski definition) is 0. The second-order valence-electron chi connectivity index (χ2n) is 8.57. The molecule has 4 rings (SSSR count). The predicted octanol–water partition coefficient (Wildman–Crippen LogP) is 3.72. The van der Waals surface area contributed by atoms with Gasteiger partial charge in [-0.1, -0.05) is 6.92 Å². The lowest BCUT2D eigenvalue weighted by Gasteiger charge is -2.22. The summed E-state index contributed by atoms with van der Waals surface area (Å²) in [5, 5.41) is 0. The van der Waals surface area contributed by atoms with Crippen molar-refractivity contribution in [2.75, 3.05) is 0 Å². The van der Waals surface area contributed by atoms with Crippen LogP contribution in [0.5, 0.6) is 11.5 Å². The van der Waals surface area contributed by atoms with Gasteiger partial charge >= 0.3 is 5.97 Å². The van der Waals surface area contributed by atoms with Gasteiger partial charge in [0.05, 0.1) is 12.5 Å². The van der Waals surface area contributed by atoms with E-state index >= 15 is 0 Å². The molecule has 0 saturated carbocycles. The van der Waals surface area contributed by atoms with E-state index < -0.39 is 34.8 Å². The zero-order valence-corrected chi connectivity index (χ0v) is 19.1. The minimum absolute atomic E-state index is 0.0418. The minimum atomic E-state index is -2.57. The van der Waals surface area contributed by atoms with Crippen LogP contribution < -0.4 is 4.74 Å². The van der Waals surface area contributed by atoms with E-state index in [9.17, 15) is 28.8 Å². The Kier molecular flexibility index (Phi) is 5.55. The maximum Gasteiger partial charge on any atom is 0.336 e. The summed E-state index contributed by atoms with van der Waals surface area (Å²) in [6, 6.07) is 7.33. The molecule has 0 saturated heterocycles. The zero-order chi connectivity index (χ0) is 24.9. The average molecular weight is 462 g/mol. The van der Waals surface area contributed by atoms with Crippen LogP contribution in [-0.2, 0) is 20.7 Å². The highest BCUT2D eigenvalue weighted by Gasteiger charge is 2.64. The molecule has 0 N–H and O–H groups in total. The van der Waals surface area contributed by atoms with E-state index in [0.29, 0.717) is 11.1 Å². The second kappa shape index (κ2) is 8.13. The predicted molar refractivity (Wildman–Crippen MR) is 119 cm³/mol. The molecule has 34 heavy (non-hydrogen) atoms. The number of carbonyl (C=O) groups excluding carboxylic acids is 6. The molecular formula is C26H22O8. The summed E-state index contributed by atoms with van der Waals surface area (Å²) in [5.41, 5.74) is -1.72. The zero-order valence-electron chi connectivity index (χ0n) is 19.1. The first-order chi connectivity index (χ1) is 16.0. The molecule has 2 aliphatic carbocycles. The Morgan fingerprint density at radius 1 is 0.941 bits per heavy atom. The summed E-state index contributed by atoms with van der Waals surface area (Å²) in [6.45, 7) is 5.88. The average Bonchev–Trinajstić information content (AvgIpc) is 3.18. The van der Waals surface area contributed by atoms with Gasteiger partial charge in [-0.05, 0) is 57.5 Å². The van der Waals surface area contributed by atoms with Gasteiger partial charge in [0.25, 0.3) is 5.41 Å². The highest BCUT2D eigenvalue weighted by atomic mass is 16.5. The smallest absolute Gasteiger partial charge is 0.336 e. The Morgan fingerprint density at radius 3 is 2.21 bits per heavy atom. The summed E-state index contributed by atoms with van der Waals surface area (Å²) < 4.78 is 11.1. The SMILES string of the molecule is CCc1c(Oc2ccc3c(c2)C(=O)CC3=O)ccc2c1C(=O)C(C(C)=O)(C(=O)OC(C)C)C2=O. The maximum atomic E-state index is 13.5. The van der Waals surface area contributed by atoms with Crippen LogP contribution in [0, 0.1) is 5.41 Å². The van der Waals surface area contributed by atoms with Crippen LogP contribution >= 0.6 is 0 Å². The third-order valence-electron chi connectivity index (χ3n) is 6.09. The quantitative estimate of drug-likeness (QED) is 0.470. The van der Waals surface area contributed by atoms with Crippen molar-refractivity contribution < 1.29 is 38.2 Å². The van der Waals surface area contributed by atoms with Gasteiger partial charge in [0.1, 0.15) is 11.5 Å². The van der Waals surface area contributed by atoms with Crippen LogP contribution in [0.1, 0.15) is 81.1 Å². The van der Waals surface area contributed by atoms with E-state index in [2.05, 4.69) is 0 Å². The lowest BCUT2D eigenvalue weighted by Crippen LogP contribution is -2.49. The van der Waals surface area contributed by atoms with Crippen molar-refractivity contribution in [1.29, 1.82) is 0 Å². The van der Waals surface area contributed by atoms with Crippen molar-refractivity contribution in [3.05, 3.63) is 58.1 Å². The molecule has 8 heteroatoms. The molecule has 174 valence electrons. The Morgan fingerprint density at radius 2 is 1.59 bits per heavy atom. The van der Waals surface area contributed by atoms with Crippen molar-refractivity contribution in [2.24, 2.45) is 5.41 Å². The van der Waals surface area contributed by atoms with E-state index in [1.165, 1.54) is 30.3 Å². The first kappa shape index (κ1) is 23.2. The van der Waals surface area contributed by atoms with Crippen LogP contribution in [0.15, 0.2) is 30.3 Å². The number of fused-ring (bicyclic) bond motifs is 2. The van der Waals surface area contributed by atoms with Crippen LogP contribution in [0.3, 0.4) is 0 Å². The highest BCUT2D eigenvalue weighted by molar-refractivity contribution is 6.48. The summed E-state index contributed by atoms with van der Waals surface area (Å²) in [5.74, 6) is -3.98. The van der Waals surface area contributed by atoms with Crippen molar-refractivity contribution >= 4 is 34.9 Å². The summed E-state index contributed by atoms with van der Waals surface area (Å²) in [6.07, 6.45) is -0.562. The molecule has 1 atom stereocenters. The van der Waals surface area contributed by atoms with Gasteiger partial charge in [0.2, 0.25) is 0 Å². The molecule has 1 unspecified atom stereocenters. The third-order valence-corrected chi connectivity index (χ3v) is 6.09. The molecular weight excluding hydrogens is 440 g/mol. The normalized spacial score (nSPS) is 18.9. The number of hydrogen-bond acceptors (Lipinski definition) is 8. The number of rotatable bonds is 6. The lowest BCUT2D eigenvalue weighted by molar-refractivity contribution is -0.156. The fraction of sp³-hybridized carbons (Fsp3) is 0.308. The Balaban J connectivity index is 1.80. The molecule has 0 aliphatic heterocycles. The Bertz CT molecular complexity index is 1320. The number of benzene rings is 2. The van der Waals surface area contributed by atoms with Gasteiger partial charge < -0.3 is 9.47 Å². The largest absolute Gasteiger partial charge is 0.462 e. The Labute approximate surface area is 195 Å². The highest BCUT2D eigenvalue weighted by Crippen LogP contribution is 2.44. The third kappa shape index (κ3) is 3.21. The summed E-state index contributed by atoms with van der Waals surface area (Å²) >= 11 is 0. The fourth-order valence-corrected chi connectivity index (χ4v) is 4.49. The van der Waals surface area contributed by atoms with Crippen LogP contribution in [0.2, 0.25) is 0 Å². The van der Waals surface area contributed by atoms with E-state index in [0.717, 1.165) is 6.92 Å². The van der Waals surface area contributed by atoms with Crippen molar-refractivity contribution in [3.8, 4) is 11.5 Å². The van der Waals surface area contributed by atoms with Crippen molar-refractivity contribution in [1.82, 2.24) is 0 Å². The van der Waals surface area contributed by atoms with E-state index in [-0.39, 0.29) is 52.6 Å². The number of ketones is 5. The molecule has 2 aliphatic rings. The van der Waals surface area contributed by atoms with Crippen LogP contribution in [0.25, 0.3) is 0 Å². The molecule has 8 nitrogen and oxygen atoms in total. The van der Waals surface area contributed by atoms with Gasteiger partial charge in [-0.3, -0.25) is 24.0 Å². The minimum Gasteiger partial charge on any atom is -0.462 e. The summed E-state index contributed by atoms with van der Waals surface area (Å²) in [7, 11) is 0. The topological polar surface area (TPSA) is 121 Å². The van der Waals surface area contributed by atoms with Gasteiger partial charge in [-0.25, -0.2) is 4.79 Å². The number of carbonyl (C=O) groups is 6. The number of esters is 1. The molecule has 2 aromatic carbocycles.